The molecule has 20 rings (SSSR count). The molecule has 0 saturated heterocycles. The van der Waals surface area contributed by atoms with E-state index in [2.05, 4.69) is 399 Å². The predicted octanol–water partition coefficient (Wildman–Crippen LogP) is 34.3. The van der Waals surface area contributed by atoms with Gasteiger partial charge < -0.3 is 47.3 Å². The molecule has 8 radical (unpaired) electrons. The molecule has 758 valence electrons. The van der Waals surface area contributed by atoms with E-state index in [0.717, 1.165) is 130 Å². The number of benzene rings is 12. The molecule has 0 fully saturated rings. The molecule has 8 heterocycles. The van der Waals surface area contributed by atoms with E-state index >= 15 is 0 Å². The molecule has 0 aliphatic heterocycles. The van der Waals surface area contributed by atoms with Crippen LogP contribution in [0.15, 0.2) is 212 Å². The Balaban J connectivity index is 0.000000332. The van der Waals surface area contributed by atoms with Crippen LogP contribution in [0.2, 0.25) is 0 Å². The standard InChI is InChI=1S/C35H41N2.C32H35N2.C30H31N2.C27H26N3.4CH3.4Ir.4Y/c1-7-25(8-2)18-27-20-31-29-16-11-12-17-30(29)35-36-22-33(34-23(5)14-13-15-24(34)6)37(35)32(31)21-28(27)19-26(9-3)10-4;1-19(2)15-24-17-28-26-13-8-9-14-27(26)32-33-23(7)31(30-21(5)11-10-12-22(30)6)34(32)29(28)18-25(24)16-20(3)4;1-6-22-11-10-12-23(7-2)28(22)29-20(5)31-30-25-14-9-8-13-24(25)26-18-21(17-19(3)4)15-16-27(26)32(29)30;1-17-9-8-10-18(2)24(17)26-29-28-25-21-12-7-6-11-20(21)22-15-19(16-27(3,4)5)13-14-23(22)30(25)26;;;;;;;;;;;;/h11-16,20-22,25-26H,7-10,18-19H2,1-6H3;8-13,17-20H,15-16H2,1-7H3;8-13,15-16,18-19H,6-7,17H2,1-5H3;6-11,13-15H,16H2,1-5H3;4*1H3;;;;;;;;/q8*-1;;;;;;;;. The van der Waals surface area contributed by atoms with E-state index in [0.29, 0.717) is 23.7 Å². The van der Waals surface area contributed by atoms with Crippen molar-refractivity contribution in [3.63, 3.8) is 0 Å². The van der Waals surface area contributed by atoms with Crippen LogP contribution in [0.1, 0.15) is 219 Å². The Morgan fingerprint density at radius 2 is 0.655 bits per heavy atom. The zero-order valence-electron chi connectivity index (χ0n) is 90.7. The Morgan fingerprint density at radius 1 is 0.310 bits per heavy atom. The minimum Gasteiger partial charge on any atom is -0.358 e. The number of hydrogen-bond acceptors (Lipinski definition) is 5. The van der Waals surface area contributed by atoms with Crippen molar-refractivity contribution in [3.05, 3.63) is 356 Å². The molecule has 145 heavy (non-hydrogen) atoms. The van der Waals surface area contributed by atoms with Gasteiger partial charge in [-0.3, -0.25) is 15.0 Å². The molecule has 0 aliphatic rings. The van der Waals surface area contributed by atoms with Gasteiger partial charge in [0.25, 0.3) is 0 Å². The molecule has 0 atom stereocenters. The number of aromatic nitrogens is 9. The monoisotopic (exact) mass is 2940 g/mol. The van der Waals surface area contributed by atoms with E-state index in [9.17, 15) is 0 Å². The minimum atomic E-state index is 0. The van der Waals surface area contributed by atoms with Crippen LogP contribution in [0.5, 0.6) is 0 Å². The topological polar surface area (TPSA) is 82.1 Å². The number of hydrogen-bond donors (Lipinski definition) is 0. The quantitative estimate of drug-likeness (QED) is 0.0529. The van der Waals surface area contributed by atoms with Crippen molar-refractivity contribution < 1.29 is 211 Å². The van der Waals surface area contributed by atoms with Gasteiger partial charge in [0.15, 0.2) is 5.82 Å². The molecule has 12 aromatic carbocycles. The van der Waals surface area contributed by atoms with E-state index < -0.39 is 0 Å². The number of imidazole rings is 3. The summed E-state index contributed by atoms with van der Waals surface area (Å²) in [6.07, 6.45) is 15.6. The van der Waals surface area contributed by atoms with Gasteiger partial charge in [0, 0.05) is 262 Å². The average Bonchev–Trinajstić information content (AvgIpc) is 1.58. The number of nitrogens with zero attached hydrogens (tertiary/aromatic N) is 9. The molecule has 0 saturated carbocycles. The van der Waals surface area contributed by atoms with Gasteiger partial charge in [0.1, 0.15) is 0 Å². The summed E-state index contributed by atoms with van der Waals surface area (Å²) in [5, 5.41) is 23.6. The van der Waals surface area contributed by atoms with Gasteiger partial charge in [-0.25, -0.2) is 0 Å². The van der Waals surface area contributed by atoms with Crippen LogP contribution < -0.4 is 0 Å². The summed E-state index contributed by atoms with van der Waals surface area (Å²) in [6, 6.07) is 89.3. The van der Waals surface area contributed by atoms with Gasteiger partial charge in [-0.2, -0.15) is 5.10 Å². The van der Waals surface area contributed by atoms with Gasteiger partial charge in [-0.1, -0.05) is 266 Å². The van der Waals surface area contributed by atoms with Crippen molar-refractivity contribution in [1.82, 2.24) is 42.8 Å². The van der Waals surface area contributed by atoms with Crippen molar-refractivity contribution in [2.45, 2.75) is 236 Å². The van der Waals surface area contributed by atoms with Crippen molar-refractivity contribution in [3.8, 4) is 45.2 Å². The van der Waals surface area contributed by atoms with Crippen LogP contribution in [0.25, 0.3) is 154 Å². The number of aryl methyl sites for hydroxylation is 10. The molecule has 8 aromatic heterocycles. The molecule has 0 bridgehead atoms. The van der Waals surface area contributed by atoms with E-state index in [-0.39, 0.29) is 246 Å². The summed E-state index contributed by atoms with van der Waals surface area (Å²) in [6.45, 7) is 52.0. The number of fused-ring (bicyclic) bond motifs is 24. The van der Waals surface area contributed by atoms with Gasteiger partial charge in [-0.05, 0) is 265 Å². The minimum absolute atomic E-state index is 0. The normalized spacial score (nSPS) is 11.1. The first-order valence-electron chi connectivity index (χ1n) is 49.3. The first kappa shape index (κ1) is 130. The van der Waals surface area contributed by atoms with Gasteiger partial charge >= 0.3 is 0 Å². The Kier molecular flexibility index (Phi) is 50.5. The SMILES string of the molecule is CCC(CC)Cc1cc2c3ccc[c-]c3c3ncc(-c4c(C)cccc4C)n3c2cc1CC(CC)CC.CCc1cccc(CC)c1-c1c(C)nc2c3[c-]cccc3c3cc(CC(C)C)ccc3n12.Cc1cccc(C)c1-c1c(C)nc2c3[c-]cccc3c3cc(CC(C)C)c(CC(C)C)cc3n12.Cc1cccc(C)c1-c1nnc2c3[c-]cccc3c3cc(CC(C)(C)C)ccc3n12.[CH3-].[CH3-].[CH3-].[CH3-].[Ir].[Ir].[Ir].[Ir].[Y].[Y].[Y].[Y]. The maximum Gasteiger partial charge on any atom is 0.159 e. The van der Waals surface area contributed by atoms with Crippen LogP contribution in [-0.4, -0.2) is 42.8 Å². The zero-order valence-corrected chi connectivity index (χ0v) is 112. The second-order valence-corrected chi connectivity index (χ2v) is 40.5. The van der Waals surface area contributed by atoms with Crippen molar-refractivity contribution in [2.24, 2.45) is 35.0 Å². The van der Waals surface area contributed by atoms with Crippen molar-refractivity contribution >= 4 is 109 Å². The predicted molar refractivity (Wildman–Crippen MR) is 592 cm³/mol. The van der Waals surface area contributed by atoms with Crippen LogP contribution in [0, 0.1) is 144 Å². The van der Waals surface area contributed by atoms with Gasteiger partial charge in [-0.15, -0.1) is 118 Å². The fraction of sp³-hybridized carbons (Fsp3) is 0.320. The first-order chi connectivity index (χ1) is 64.1. The van der Waals surface area contributed by atoms with E-state index in [4.69, 9.17) is 15.0 Å². The molecule has 17 heteroatoms. The third-order valence-corrected chi connectivity index (χ3v) is 28.1. The van der Waals surface area contributed by atoms with Crippen molar-refractivity contribution in [1.29, 1.82) is 0 Å². The van der Waals surface area contributed by atoms with Gasteiger partial charge in [0.05, 0.1) is 51.1 Å². The summed E-state index contributed by atoms with van der Waals surface area (Å²) < 4.78 is 9.45. The third-order valence-electron chi connectivity index (χ3n) is 28.1. The summed E-state index contributed by atoms with van der Waals surface area (Å²) in [7, 11) is 0. The van der Waals surface area contributed by atoms with Crippen LogP contribution in [0.3, 0.4) is 0 Å². The van der Waals surface area contributed by atoms with E-state index in [1.165, 1.54) is 197 Å². The second-order valence-electron chi connectivity index (χ2n) is 40.5. The second kappa shape index (κ2) is 56.3. The molecule has 0 amide bonds. The summed E-state index contributed by atoms with van der Waals surface area (Å²) in [5.74, 6) is 4.18. The number of rotatable bonds is 21. The molecular formula is C128H145Ir4N9Y4-8. The zero-order chi connectivity index (χ0) is 93.7. The van der Waals surface area contributed by atoms with Gasteiger partial charge in [0.2, 0.25) is 0 Å². The Hall–Kier alpha value is -5.58. The molecule has 0 N–H and O–H groups in total. The van der Waals surface area contributed by atoms with Crippen LogP contribution in [0.4, 0.5) is 0 Å². The maximum absolute atomic E-state index is 5.14. The first-order valence-corrected chi connectivity index (χ1v) is 49.3. The summed E-state index contributed by atoms with van der Waals surface area (Å²) >= 11 is 0. The van der Waals surface area contributed by atoms with E-state index in [1.54, 1.807) is 0 Å². The molecule has 0 aliphatic carbocycles. The Morgan fingerprint density at radius 3 is 1.08 bits per heavy atom. The van der Waals surface area contributed by atoms with Crippen LogP contribution in [-0.2, 0) is 263 Å². The smallest absolute Gasteiger partial charge is 0.159 e. The average molecular weight is 2930 g/mol. The van der Waals surface area contributed by atoms with Crippen molar-refractivity contribution in [2.75, 3.05) is 0 Å². The summed E-state index contributed by atoms with van der Waals surface area (Å²) in [4.78, 5) is 15.3. The van der Waals surface area contributed by atoms with E-state index in [1.807, 2.05) is 24.3 Å². The molecule has 0 spiro atoms. The maximum atomic E-state index is 5.14. The fourth-order valence-electron chi connectivity index (χ4n) is 21.6. The molecule has 9 nitrogen and oxygen atoms in total. The molecular weight excluding hydrogens is 2790 g/mol. The Bertz CT molecular complexity index is 7760. The van der Waals surface area contributed by atoms with Crippen LogP contribution >= 0.6 is 0 Å². The molecule has 20 aromatic rings. The molecule has 0 unspecified atom stereocenters. The number of pyridine rings is 4. The fourth-order valence-corrected chi connectivity index (χ4v) is 21.6. The summed E-state index contributed by atoms with van der Waals surface area (Å²) in [5.41, 5.74) is 38.9. The largest absolute Gasteiger partial charge is 0.358 e. The third kappa shape index (κ3) is 26.6. The Labute approximate surface area is 1020 Å².